The zero-order valence-corrected chi connectivity index (χ0v) is 11.0. The van der Waals surface area contributed by atoms with E-state index in [0.29, 0.717) is 11.6 Å². The molecule has 0 aromatic carbocycles. The summed E-state index contributed by atoms with van der Waals surface area (Å²) in [6, 6.07) is 1.27. The number of nitrogens with zero attached hydrogens (tertiary/aromatic N) is 1. The maximum absolute atomic E-state index is 11.0. The molecule has 1 aromatic rings. The lowest BCUT2D eigenvalue weighted by Crippen LogP contribution is -2.23. The third kappa shape index (κ3) is 4.32. The minimum atomic E-state index is -1.08. The molecule has 1 heterocycles. The molecule has 0 bridgehead atoms. The van der Waals surface area contributed by atoms with Gasteiger partial charge >= 0.3 is 5.97 Å². The number of anilines is 1. The maximum atomic E-state index is 11.0. The number of aromatic nitrogens is 1. The van der Waals surface area contributed by atoms with E-state index >= 15 is 0 Å². The van der Waals surface area contributed by atoms with Crippen molar-refractivity contribution in [2.75, 3.05) is 17.3 Å². The molecule has 5 nitrogen and oxygen atoms in total. The molecule has 1 rings (SSSR count). The van der Waals surface area contributed by atoms with Gasteiger partial charge in [-0.25, -0.2) is 9.78 Å². The molecule has 0 saturated carbocycles. The van der Waals surface area contributed by atoms with Gasteiger partial charge in [0.1, 0.15) is 5.82 Å². The summed E-state index contributed by atoms with van der Waals surface area (Å²) in [4.78, 5) is 14.6. The predicted octanol–water partition coefficient (Wildman–Crippen LogP) is 1.61. The van der Waals surface area contributed by atoms with Gasteiger partial charge in [0.05, 0.1) is 10.6 Å². The highest BCUT2D eigenvalue weighted by Crippen LogP contribution is 2.20. The van der Waals surface area contributed by atoms with Crippen molar-refractivity contribution in [3.63, 3.8) is 0 Å². The van der Waals surface area contributed by atoms with Crippen LogP contribution in [0, 0.1) is 0 Å². The molecule has 0 aliphatic heterocycles. The van der Waals surface area contributed by atoms with E-state index in [1.807, 2.05) is 6.92 Å². The lowest BCUT2D eigenvalue weighted by Gasteiger charge is -2.14. The van der Waals surface area contributed by atoms with E-state index in [4.69, 9.17) is 16.7 Å². The normalized spacial score (nSPS) is 14.1. The van der Waals surface area contributed by atoms with Gasteiger partial charge in [0.15, 0.2) is 0 Å². The van der Waals surface area contributed by atoms with Gasteiger partial charge in [-0.05, 0) is 13.0 Å². The first-order valence-electron chi connectivity index (χ1n) is 4.85. The minimum absolute atomic E-state index is 0.0345. The Hall–Kier alpha value is -1.14. The van der Waals surface area contributed by atoms with Crippen LogP contribution in [-0.2, 0) is 10.8 Å². The van der Waals surface area contributed by atoms with Crippen molar-refractivity contribution in [1.82, 2.24) is 4.98 Å². The third-order valence-electron chi connectivity index (χ3n) is 1.96. The lowest BCUT2D eigenvalue weighted by molar-refractivity contribution is 0.0696. The van der Waals surface area contributed by atoms with Crippen molar-refractivity contribution < 1.29 is 14.1 Å². The number of carbonyl (C=O) groups is 1. The van der Waals surface area contributed by atoms with Gasteiger partial charge in [0.2, 0.25) is 0 Å². The number of rotatable bonds is 5. The van der Waals surface area contributed by atoms with Crippen LogP contribution in [0.15, 0.2) is 12.3 Å². The zero-order chi connectivity index (χ0) is 13.0. The van der Waals surface area contributed by atoms with Crippen LogP contribution >= 0.6 is 11.6 Å². The largest absolute Gasteiger partial charge is 0.478 e. The molecule has 0 spiro atoms. The van der Waals surface area contributed by atoms with Crippen LogP contribution in [0.3, 0.4) is 0 Å². The Morgan fingerprint density at radius 1 is 1.71 bits per heavy atom. The highest BCUT2D eigenvalue weighted by Gasteiger charge is 2.11. The summed E-state index contributed by atoms with van der Waals surface area (Å²) < 4.78 is 11.0. The van der Waals surface area contributed by atoms with Crippen molar-refractivity contribution in [2.45, 2.75) is 13.0 Å². The number of hydrogen-bond donors (Lipinski definition) is 2. The number of aromatic carboxylic acids is 1. The van der Waals surface area contributed by atoms with Crippen molar-refractivity contribution in [1.29, 1.82) is 0 Å². The van der Waals surface area contributed by atoms with Crippen LogP contribution in [0.1, 0.15) is 17.3 Å². The highest BCUT2D eigenvalue weighted by atomic mass is 35.5. The predicted molar refractivity (Wildman–Crippen MR) is 68.2 cm³/mol. The summed E-state index contributed by atoms with van der Waals surface area (Å²) in [5.74, 6) is -0.207. The van der Waals surface area contributed by atoms with Crippen molar-refractivity contribution in [3.8, 4) is 0 Å². The van der Waals surface area contributed by atoms with Gasteiger partial charge < -0.3 is 10.4 Å². The van der Waals surface area contributed by atoms with Gasteiger partial charge in [-0.2, -0.15) is 0 Å². The second-order valence-corrected chi connectivity index (χ2v) is 5.53. The molecule has 17 heavy (non-hydrogen) atoms. The first-order valence-corrected chi connectivity index (χ1v) is 6.96. The first-order chi connectivity index (χ1) is 7.90. The van der Waals surface area contributed by atoms with Crippen LogP contribution < -0.4 is 5.32 Å². The van der Waals surface area contributed by atoms with Crippen LogP contribution in [0.4, 0.5) is 5.82 Å². The van der Waals surface area contributed by atoms with Crippen LogP contribution in [0.5, 0.6) is 0 Å². The Morgan fingerprint density at radius 2 is 2.35 bits per heavy atom. The van der Waals surface area contributed by atoms with Gasteiger partial charge in [0, 0.05) is 35.0 Å². The number of halogens is 1. The number of pyridine rings is 1. The first kappa shape index (κ1) is 13.9. The molecule has 0 radical (unpaired) electrons. The van der Waals surface area contributed by atoms with Crippen LogP contribution in [0.2, 0.25) is 5.02 Å². The molecule has 2 atom stereocenters. The van der Waals surface area contributed by atoms with E-state index in [1.54, 1.807) is 6.26 Å². The molecule has 2 unspecified atom stereocenters. The third-order valence-corrected chi connectivity index (χ3v) is 3.21. The average Bonchev–Trinajstić information content (AvgIpc) is 2.19. The van der Waals surface area contributed by atoms with Crippen molar-refractivity contribution in [3.05, 3.63) is 22.8 Å². The van der Waals surface area contributed by atoms with E-state index in [1.165, 1.54) is 12.3 Å². The topological polar surface area (TPSA) is 79.3 Å². The lowest BCUT2D eigenvalue weighted by atomic mass is 10.3. The smallest absolute Gasteiger partial charge is 0.337 e. The van der Waals surface area contributed by atoms with Crippen molar-refractivity contribution >= 4 is 34.2 Å². The fourth-order valence-electron chi connectivity index (χ4n) is 1.29. The zero-order valence-electron chi connectivity index (χ0n) is 9.44. The molecule has 0 fully saturated rings. The second kappa shape index (κ2) is 5.97. The van der Waals surface area contributed by atoms with E-state index in [9.17, 15) is 9.00 Å². The minimum Gasteiger partial charge on any atom is -0.478 e. The molecule has 7 heteroatoms. The molecule has 0 amide bonds. The molecule has 1 aromatic heterocycles. The monoisotopic (exact) mass is 276 g/mol. The fraction of sp³-hybridized carbons (Fsp3) is 0.400. The standard InChI is InChI=1S/C10H13ClN2O3S/c1-6(5-17(2)16)13-9-8(11)3-7(4-12-9)10(14)15/h3-4,6H,5H2,1-2H3,(H,12,13)(H,14,15). The molecular formula is C10H13ClN2O3S. The van der Waals surface area contributed by atoms with Gasteiger partial charge in [0.25, 0.3) is 0 Å². The number of carboxylic acid groups (broad SMARTS) is 1. The summed E-state index contributed by atoms with van der Waals surface area (Å²) in [6.45, 7) is 1.85. The van der Waals surface area contributed by atoms with Crippen molar-refractivity contribution in [2.24, 2.45) is 0 Å². The summed E-state index contributed by atoms with van der Waals surface area (Å²) in [5, 5.41) is 12.0. The Kier molecular flexibility index (Phi) is 4.89. The SMILES string of the molecule is CC(CS(C)=O)Nc1ncc(C(=O)O)cc1Cl. The summed E-state index contributed by atoms with van der Waals surface area (Å²) in [5.41, 5.74) is 0.0345. The number of carboxylic acids is 1. The molecule has 0 aliphatic rings. The van der Waals surface area contributed by atoms with E-state index in [-0.39, 0.29) is 16.6 Å². The van der Waals surface area contributed by atoms with E-state index in [0.717, 1.165) is 0 Å². The summed E-state index contributed by atoms with van der Waals surface area (Å²) >= 11 is 5.89. The summed E-state index contributed by atoms with van der Waals surface area (Å²) in [7, 11) is -0.915. The fourth-order valence-corrected chi connectivity index (χ4v) is 2.30. The van der Waals surface area contributed by atoms with Crippen LogP contribution in [0.25, 0.3) is 0 Å². The van der Waals surface area contributed by atoms with E-state index in [2.05, 4.69) is 10.3 Å². The Labute approximate surface area is 107 Å². The quantitative estimate of drug-likeness (QED) is 0.854. The highest BCUT2D eigenvalue weighted by molar-refractivity contribution is 7.84. The molecular weight excluding hydrogens is 264 g/mol. The summed E-state index contributed by atoms with van der Waals surface area (Å²) in [6.07, 6.45) is 2.84. The molecule has 0 aliphatic carbocycles. The number of hydrogen-bond acceptors (Lipinski definition) is 4. The Bertz CT molecular complexity index is 453. The van der Waals surface area contributed by atoms with Gasteiger partial charge in [-0.1, -0.05) is 11.6 Å². The van der Waals surface area contributed by atoms with Gasteiger partial charge in [-0.3, -0.25) is 4.21 Å². The average molecular weight is 277 g/mol. The maximum Gasteiger partial charge on any atom is 0.337 e. The van der Waals surface area contributed by atoms with Gasteiger partial charge in [-0.15, -0.1) is 0 Å². The second-order valence-electron chi connectivity index (χ2n) is 3.64. The number of nitrogens with one attached hydrogen (secondary N) is 1. The van der Waals surface area contributed by atoms with E-state index < -0.39 is 16.8 Å². The Balaban J connectivity index is 2.79. The molecule has 94 valence electrons. The Morgan fingerprint density at radius 3 is 2.82 bits per heavy atom. The molecule has 0 saturated heterocycles. The molecule has 2 N–H and O–H groups in total. The van der Waals surface area contributed by atoms with Crippen LogP contribution in [-0.4, -0.2) is 38.3 Å².